The Hall–Kier alpha value is -0.490. The van der Waals surface area contributed by atoms with Gasteiger partial charge in [0.2, 0.25) is 0 Å². The van der Waals surface area contributed by atoms with Crippen LogP contribution >= 0.6 is 34.2 Å². The van der Waals surface area contributed by atoms with Crippen LogP contribution in [-0.4, -0.2) is 18.0 Å². The molecular formula is C8H4ClIN2O. The SMILES string of the molecule is O=C1N=CN=C2C=CC(Cl)=C(I)[C@@H]12. The largest absolute Gasteiger partial charge is 0.271 e. The first-order valence-electron chi connectivity index (χ1n) is 3.57. The summed E-state index contributed by atoms with van der Waals surface area (Å²) >= 11 is 7.93. The Labute approximate surface area is 93.4 Å². The van der Waals surface area contributed by atoms with E-state index in [1.807, 2.05) is 0 Å². The van der Waals surface area contributed by atoms with Gasteiger partial charge in [-0.3, -0.25) is 4.79 Å². The summed E-state index contributed by atoms with van der Waals surface area (Å²) in [5.74, 6) is -0.569. The Bertz CT molecular complexity index is 393. The van der Waals surface area contributed by atoms with Gasteiger partial charge in [-0.2, -0.15) is 0 Å². The van der Waals surface area contributed by atoms with Crippen LogP contribution in [0.5, 0.6) is 0 Å². The minimum Gasteiger partial charge on any atom is -0.271 e. The highest BCUT2D eigenvalue weighted by Crippen LogP contribution is 2.32. The van der Waals surface area contributed by atoms with Crippen LogP contribution in [0.15, 0.2) is 30.7 Å². The normalized spacial score (nSPS) is 26.2. The molecule has 2 aliphatic rings. The van der Waals surface area contributed by atoms with Crippen molar-refractivity contribution in [1.82, 2.24) is 0 Å². The monoisotopic (exact) mass is 306 g/mol. The van der Waals surface area contributed by atoms with Crippen LogP contribution in [0, 0.1) is 5.92 Å². The van der Waals surface area contributed by atoms with Crippen molar-refractivity contribution < 1.29 is 4.79 Å². The molecule has 5 heteroatoms. The second-order valence-corrected chi connectivity index (χ2v) is 4.17. The number of amides is 1. The predicted molar refractivity (Wildman–Crippen MR) is 60.5 cm³/mol. The van der Waals surface area contributed by atoms with Gasteiger partial charge in [-0.15, -0.1) is 0 Å². The number of aliphatic imine (C=N–C) groups is 2. The van der Waals surface area contributed by atoms with Crippen LogP contribution in [0.2, 0.25) is 0 Å². The zero-order valence-corrected chi connectivity index (χ0v) is 9.28. The molecule has 2 rings (SSSR count). The van der Waals surface area contributed by atoms with Crippen molar-refractivity contribution in [3.05, 3.63) is 20.8 Å². The van der Waals surface area contributed by atoms with Gasteiger partial charge in [0.25, 0.3) is 5.91 Å². The fourth-order valence-corrected chi connectivity index (χ4v) is 2.12. The lowest BCUT2D eigenvalue weighted by Crippen LogP contribution is -2.26. The molecule has 0 radical (unpaired) electrons. The average molecular weight is 306 g/mol. The number of fused-ring (bicyclic) bond motifs is 1. The van der Waals surface area contributed by atoms with Crippen molar-refractivity contribution in [1.29, 1.82) is 0 Å². The summed E-state index contributed by atoms with van der Waals surface area (Å²) in [6.45, 7) is 0. The van der Waals surface area contributed by atoms with Crippen molar-refractivity contribution in [2.75, 3.05) is 0 Å². The van der Waals surface area contributed by atoms with E-state index in [2.05, 4.69) is 32.6 Å². The van der Waals surface area contributed by atoms with E-state index in [0.717, 1.165) is 3.58 Å². The third-order valence-corrected chi connectivity index (χ3v) is 3.67. The van der Waals surface area contributed by atoms with E-state index in [4.69, 9.17) is 11.6 Å². The topological polar surface area (TPSA) is 41.8 Å². The molecule has 0 aromatic carbocycles. The number of halogens is 2. The van der Waals surface area contributed by atoms with Gasteiger partial charge in [-0.1, -0.05) is 11.6 Å². The fraction of sp³-hybridized carbons (Fsp3) is 0.125. The van der Waals surface area contributed by atoms with Crippen LogP contribution in [0.25, 0.3) is 0 Å². The zero-order chi connectivity index (χ0) is 9.42. The fourth-order valence-electron chi connectivity index (χ4n) is 1.18. The molecule has 1 aliphatic carbocycles. The summed E-state index contributed by atoms with van der Waals surface area (Å²) < 4.78 is 0.794. The lowest BCUT2D eigenvalue weighted by molar-refractivity contribution is -0.118. The molecule has 0 fully saturated rings. The van der Waals surface area contributed by atoms with Gasteiger partial charge in [-0.05, 0) is 34.7 Å². The van der Waals surface area contributed by atoms with Gasteiger partial charge >= 0.3 is 0 Å². The van der Waals surface area contributed by atoms with Crippen LogP contribution in [0.3, 0.4) is 0 Å². The van der Waals surface area contributed by atoms with Crippen molar-refractivity contribution in [3.63, 3.8) is 0 Å². The summed E-state index contributed by atoms with van der Waals surface area (Å²) in [7, 11) is 0. The van der Waals surface area contributed by atoms with E-state index in [-0.39, 0.29) is 11.8 Å². The maximum absolute atomic E-state index is 11.4. The molecule has 0 spiro atoms. The second kappa shape index (κ2) is 3.34. The van der Waals surface area contributed by atoms with E-state index >= 15 is 0 Å². The van der Waals surface area contributed by atoms with Crippen molar-refractivity contribution in [2.45, 2.75) is 0 Å². The smallest absolute Gasteiger partial charge is 0.261 e. The Morgan fingerprint density at radius 1 is 1.46 bits per heavy atom. The number of hydrogen-bond acceptors (Lipinski definition) is 2. The van der Waals surface area contributed by atoms with Gasteiger partial charge in [0.1, 0.15) is 12.3 Å². The molecule has 3 nitrogen and oxygen atoms in total. The summed E-state index contributed by atoms with van der Waals surface area (Å²) in [5.41, 5.74) is 0.716. The molecule has 0 saturated heterocycles. The van der Waals surface area contributed by atoms with E-state index in [1.165, 1.54) is 6.34 Å². The third-order valence-electron chi connectivity index (χ3n) is 1.82. The first kappa shape index (κ1) is 9.08. The summed E-state index contributed by atoms with van der Waals surface area (Å²) in [5, 5.41) is 0.593. The van der Waals surface area contributed by atoms with Gasteiger partial charge in [0, 0.05) is 3.58 Å². The van der Waals surface area contributed by atoms with Crippen LogP contribution in [0.1, 0.15) is 0 Å². The molecule has 1 amide bonds. The zero-order valence-electron chi connectivity index (χ0n) is 6.37. The summed E-state index contributed by atoms with van der Waals surface area (Å²) in [6.07, 6.45) is 4.77. The minimum atomic E-state index is -0.372. The van der Waals surface area contributed by atoms with Crippen LogP contribution < -0.4 is 0 Å². The minimum absolute atomic E-state index is 0.197. The number of rotatable bonds is 0. The molecule has 0 aromatic rings. The number of allylic oxidation sites excluding steroid dienone is 3. The first-order chi connectivity index (χ1) is 6.20. The number of nitrogens with zero attached hydrogens (tertiary/aromatic N) is 2. The second-order valence-electron chi connectivity index (χ2n) is 2.60. The highest BCUT2D eigenvalue weighted by atomic mass is 127. The van der Waals surface area contributed by atoms with Gasteiger partial charge in [-0.25, -0.2) is 9.98 Å². The Balaban J connectivity index is 2.51. The van der Waals surface area contributed by atoms with E-state index in [1.54, 1.807) is 12.2 Å². The molecule has 66 valence electrons. The molecule has 0 N–H and O–H groups in total. The van der Waals surface area contributed by atoms with Gasteiger partial charge in [0.15, 0.2) is 0 Å². The molecule has 0 aromatic heterocycles. The molecular weight excluding hydrogens is 302 g/mol. The maximum atomic E-state index is 11.4. The maximum Gasteiger partial charge on any atom is 0.261 e. The van der Waals surface area contributed by atoms with Gasteiger partial charge in [0.05, 0.1) is 10.7 Å². The molecule has 13 heavy (non-hydrogen) atoms. The van der Waals surface area contributed by atoms with Crippen molar-refractivity contribution in [2.24, 2.45) is 15.9 Å². The van der Waals surface area contributed by atoms with Crippen molar-refractivity contribution >= 4 is 52.1 Å². The van der Waals surface area contributed by atoms with Crippen LogP contribution in [-0.2, 0) is 4.79 Å². The number of carbonyl (C=O) groups excluding carboxylic acids is 1. The lowest BCUT2D eigenvalue weighted by atomic mass is 9.97. The standard InChI is InChI=1S/C8H4ClIN2O/c9-4-1-2-5-6(7(4)10)8(13)12-3-11-5/h1-3,6H/t6-/m0/s1. The predicted octanol–water partition coefficient (Wildman–Crippen LogP) is 2.07. The molecule has 0 bridgehead atoms. The van der Waals surface area contributed by atoms with Crippen LogP contribution in [0.4, 0.5) is 0 Å². The summed E-state index contributed by atoms with van der Waals surface area (Å²) in [4.78, 5) is 19.0. The quantitative estimate of drug-likeness (QED) is 0.632. The number of hydrogen-bond donors (Lipinski definition) is 0. The van der Waals surface area contributed by atoms with E-state index in [0.29, 0.717) is 10.7 Å². The molecule has 1 atom stereocenters. The Morgan fingerprint density at radius 2 is 2.23 bits per heavy atom. The number of carbonyl (C=O) groups is 1. The van der Waals surface area contributed by atoms with E-state index < -0.39 is 0 Å². The first-order valence-corrected chi connectivity index (χ1v) is 5.03. The lowest BCUT2D eigenvalue weighted by Gasteiger charge is -2.19. The van der Waals surface area contributed by atoms with Gasteiger partial charge < -0.3 is 0 Å². The third kappa shape index (κ3) is 1.48. The highest BCUT2D eigenvalue weighted by molar-refractivity contribution is 14.1. The van der Waals surface area contributed by atoms with E-state index in [9.17, 15) is 4.79 Å². The molecule has 0 unspecified atom stereocenters. The molecule has 1 heterocycles. The highest BCUT2D eigenvalue weighted by Gasteiger charge is 2.30. The Morgan fingerprint density at radius 3 is 3.00 bits per heavy atom. The Kier molecular flexibility index (Phi) is 2.33. The average Bonchev–Trinajstić information content (AvgIpc) is 2.12. The molecule has 0 saturated carbocycles. The molecule has 1 aliphatic heterocycles. The van der Waals surface area contributed by atoms with Crippen molar-refractivity contribution in [3.8, 4) is 0 Å². The summed E-state index contributed by atoms with van der Waals surface area (Å²) in [6, 6.07) is 0.